The highest BCUT2D eigenvalue weighted by atomic mass is 35.5. The van der Waals surface area contributed by atoms with Crippen LogP contribution in [0.15, 0.2) is 29.3 Å². The molecule has 1 aromatic carbocycles. The van der Waals surface area contributed by atoms with Gasteiger partial charge in [-0.1, -0.05) is 29.8 Å². The molecule has 74 valence electrons. The molecule has 0 saturated heterocycles. The fourth-order valence-electron chi connectivity index (χ4n) is 1.77. The highest BCUT2D eigenvalue weighted by Gasteiger charge is 2.17. The molecular weight excluding hydrogens is 196 g/mol. The zero-order chi connectivity index (χ0) is 9.97. The summed E-state index contributed by atoms with van der Waals surface area (Å²) in [6.45, 7) is 1.83. The summed E-state index contributed by atoms with van der Waals surface area (Å²) in [4.78, 5) is 6.39. The Morgan fingerprint density at radius 3 is 2.93 bits per heavy atom. The summed E-state index contributed by atoms with van der Waals surface area (Å²) in [6, 6.07) is 8.01. The molecule has 0 spiro atoms. The van der Waals surface area contributed by atoms with E-state index in [4.69, 9.17) is 11.6 Å². The SMILES string of the molecule is CN1C=NCC(c2ccccc2Cl)C1. The maximum Gasteiger partial charge on any atom is 0.0847 e. The lowest BCUT2D eigenvalue weighted by molar-refractivity contribution is 0.440. The van der Waals surface area contributed by atoms with Gasteiger partial charge in [0, 0.05) is 31.1 Å². The van der Waals surface area contributed by atoms with Crippen LogP contribution in [0.5, 0.6) is 0 Å². The number of hydrogen-bond donors (Lipinski definition) is 0. The molecule has 3 heteroatoms. The Bertz CT molecular complexity index is 349. The van der Waals surface area contributed by atoms with E-state index in [0.29, 0.717) is 5.92 Å². The third-order valence-electron chi connectivity index (χ3n) is 2.46. The molecule has 0 radical (unpaired) electrons. The highest BCUT2D eigenvalue weighted by Crippen LogP contribution is 2.26. The van der Waals surface area contributed by atoms with Gasteiger partial charge in [0.05, 0.1) is 6.34 Å². The van der Waals surface area contributed by atoms with E-state index in [2.05, 4.69) is 16.0 Å². The minimum atomic E-state index is 0.429. The van der Waals surface area contributed by atoms with Crippen molar-refractivity contribution in [2.45, 2.75) is 5.92 Å². The van der Waals surface area contributed by atoms with Gasteiger partial charge < -0.3 is 4.90 Å². The van der Waals surface area contributed by atoms with Crippen molar-refractivity contribution in [3.63, 3.8) is 0 Å². The number of hydrogen-bond acceptors (Lipinski definition) is 2. The van der Waals surface area contributed by atoms with E-state index < -0.39 is 0 Å². The van der Waals surface area contributed by atoms with Crippen molar-refractivity contribution < 1.29 is 0 Å². The predicted molar refractivity (Wildman–Crippen MR) is 60.2 cm³/mol. The van der Waals surface area contributed by atoms with Gasteiger partial charge in [-0.3, -0.25) is 4.99 Å². The number of benzene rings is 1. The minimum absolute atomic E-state index is 0.429. The number of halogens is 1. The molecule has 2 nitrogen and oxygen atoms in total. The molecule has 14 heavy (non-hydrogen) atoms. The van der Waals surface area contributed by atoms with Crippen LogP contribution in [0.4, 0.5) is 0 Å². The Morgan fingerprint density at radius 1 is 1.43 bits per heavy atom. The summed E-state index contributed by atoms with van der Waals surface area (Å²) >= 11 is 6.13. The lowest BCUT2D eigenvalue weighted by Crippen LogP contribution is -2.29. The maximum absolute atomic E-state index is 6.13. The van der Waals surface area contributed by atoms with Crippen LogP contribution in [0, 0.1) is 0 Å². The molecule has 2 rings (SSSR count). The summed E-state index contributed by atoms with van der Waals surface area (Å²) in [6.07, 6.45) is 1.88. The van der Waals surface area contributed by atoms with Crippen LogP contribution < -0.4 is 0 Å². The molecule has 0 bridgehead atoms. The van der Waals surface area contributed by atoms with Crippen LogP contribution in [0.3, 0.4) is 0 Å². The summed E-state index contributed by atoms with van der Waals surface area (Å²) in [5.74, 6) is 0.429. The Labute approximate surface area is 89.2 Å². The summed E-state index contributed by atoms with van der Waals surface area (Å²) in [5.41, 5.74) is 1.21. The Morgan fingerprint density at radius 2 is 2.21 bits per heavy atom. The molecule has 0 saturated carbocycles. The lowest BCUT2D eigenvalue weighted by Gasteiger charge is -2.26. The average Bonchev–Trinajstić information content (AvgIpc) is 2.18. The second-order valence-electron chi connectivity index (χ2n) is 3.64. The summed E-state index contributed by atoms with van der Waals surface area (Å²) < 4.78 is 0. The van der Waals surface area contributed by atoms with Gasteiger partial charge in [-0.2, -0.15) is 0 Å². The van der Waals surface area contributed by atoms with E-state index in [1.54, 1.807) is 0 Å². The number of rotatable bonds is 1. The first kappa shape index (κ1) is 9.53. The molecule has 1 atom stereocenters. The van der Waals surface area contributed by atoms with E-state index in [9.17, 15) is 0 Å². The van der Waals surface area contributed by atoms with Crippen molar-refractivity contribution in [3.8, 4) is 0 Å². The van der Waals surface area contributed by atoms with Crippen LogP contribution in [0.1, 0.15) is 11.5 Å². The van der Waals surface area contributed by atoms with Crippen LogP contribution in [0.2, 0.25) is 5.02 Å². The van der Waals surface area contributed by atoms with Gasteiger partial charge in [0.25, 0.3) is 0 Å². The molecule has 0 aromatic heterocycles. The molecule has 0 aliphatic carbocycles. The van der Waals surface area contributed by atoms with E-state index >= 15 is 0 Å². The van der Waals surface area contributed by atoms with Crippen molar-refractivity contribution in [1.82, 2.24) is 4.90 Å². The number of nitrogens with zero attached hydrogens (tertiary/aromatic N) is 2. The Kier molecular flexibility index (Phi) is 2.73. The van der Waals surface area contributed by atoms with Gasteiger partial charge >= 0.3 is 0 Å². The topological polar surface area (TPSA) is 15.6 Å². The van der Waals surface area contributed by atoms with Crippen molar-refractivity contribution >= 4 is 17.9 Å². The predicted octanol–water partition coefficient (Wildman–Crippen LogP) is 2.40. The summed E-state index contributed by atoms with van der Waals surface area (Å²) in [5, 5.41) is 0.850. The van der Waals surface area contributed by atoms with E-state index in [0.717, 1.165) is 18.1 Å². The van der Waals surface area contributed by atoms with Gasteiger partial charge in [-0.15, -0.1) is 0 Å². The molecule has 1 aliphatic rings. The van der Waals surface area contributed by atoms with Crippen molar-refractivity contribution in [3.05, 3.63) is 34.9 Å². The van der Waals surface area contributed by atoms with E-state index in [1.165, 1.54) is 5.56 Å². The zero-order valence-corrected chi connectivity index (χ0v) is 8.91. The van der Waals surface area contributed by atoms with Crippen molar-refractivity contribution in [2.24, 2.45) is 4.99 Å². The first-order chi connectivity index (χ1) is 6.77. The van der Waals surface area contributed by atoms with Crippen LogP contribution in [0.25, 0.3) is 0 Å². The third-order valence-corrected chi connectivity index (χ3v) is 2.80. The Hall–Kier alpha value is -1.02. The van der Waals surface area contributed by atoms with Gasteiger partial charge in [0.2, 0.25) is 0 Å². The van der Waals surface area contributed by atoms with Crippen molar-refractivity contribution in [2.75, 3.05) is 20.1 Å². The molecule has 0 N–H and O–H groups in total. The van der Waals surface area contributed by atoms with Gasteiger partial charge in [-0.25, -0.2) is 0 Å². The van der Waals surface area contributed by atoms with Crippen LogP contribution >= 0.6 is 11.6 Å². The fourth-order valence-corrected chi connectivity index (χ4v) is 2.06. The highest BCUT2D eigenvalue weighted by molar-refractivity contribution is 6.31. The average molecular weight is 209 g/mol. The first-order valence-electron chi connectivity index (χ1n) is 4.72. The fraction of sp³-hybridized carbons (Fsp3) is 0.364. The maximum atomic E-state index is 6.13. The molecular formula is C11H13ClN2. The molecule has 1 aliphatic heterocycles. The van der Waals surface area contributed by atoms with Gasteiger partial charge in [-0.05, 0) is 11.6 Å². The molecule has 1 heterocycles. The molecule has 0 amide bonds. The molecule has 0 fully saturated rings. The van der Waals surface area contributed by atoms with E-state index in [-0.39, 0.29) is 0 Å². The first-order valence-corrected chi connectivity index (χ1v) is 5.10. The number of likely N-dealkylation sites (N-methyl/N-ethyl adjacent to an activating group) is 1. The molecule has 1 unspecified atom stereocenters. The standard InChI is InChI=1S/C11H13ClN2/c1-14-7-9(6-13-8-14)10-4-2-3-5-11(10)12/h2-5,8-9H,6-7H2,1H3. The minimum Gasteiger partial charge on any atom is -0.365 e. The third kappa shape index (κ3) is 1.90. The van der Waals surface area contributed by atoms with Crippen LogP contribution in [-0.2, 0) is 0 Å². The largest absolute Gasteiger partial charge is 0.365 e. The van der Waals surface area contributed by atoms with Gasteiger partial charge in [0.15, 0.2) is 0 Å². The number of aliphatic imine (C=N–C) groups is 1. The van der Waals surface area contributed by atoms with E-state index in [1.807, 2.05) is 31.6 Å². The second-order valence-corrected chi connectivity index (χ2v) is 4.05. The van der Waals surface area contributed by atoms with Crippen molar-refractivity contribution in [1.29, 1.82) is 0 Å². The molecule has 1 aromatic rings. The smallest absolute Gasteiger partial charge is 0.0847 e. The van der Waals surface area contributed by atoms with Crippen LogP contribution in [-0.4, -0.2) is 31.4 Å². The lowest BCUT2D eigenvalue weighted by atomic mass is 9.98. The monoisotopic (exact) mass is 208 g/mol. The zero-order valence-electron chi connectivity index (χ0n) is 8.15. The normalized spacial score (nSPS) is 21.3. The summed E-state index contributed by atoms with van der Waals surface area (Å²) in [7, 11) is 2.03. The quantitative estimate of drug-likeness (QED) is 0.692. The second kappa shape index (κ2) is 4.01. The van der Waals surface area contributed by atoms with Gasteiger partial charge in [0.1, 0.15) is 0 Å². The Balaban J connectivity index is 2.23.